The van der Waals surface area contributed by atoms with Crippen LogP contribution < -0.4 is 20.2 Å². The summed E-state index contributed by atoms with van der Waals surface area (Å²) in [6.07, 6.45) is 3.01. The first kappa shape index (κ1) is 27.4. The van der Waals surface area contributed by atoms with Crippen LogP contribution in [0.4, 0.5) is 11.4 Å². The van der Waals surface area contributed by atoms with Gasteiger partial charge in [-0.1, -0.05) is 30.3 Å². The van der Waals surface area contributed by atoms with Crippen LogP contribution in [0.15, 0.2) is 83.7 Å². The smallest absolute Gasteiger partial charge is 0.343 e. The fourth-order valence-corrected chi connectivity index (χ4v) is 5.94. The highest BCUT2D eigenvalue weighted by atomic mass is 16.5. The Morgan fingerprint density at radius 3 is 2.18 bits per heavy atom. The highest BCUT2D eigenvalue weighted by molar-refractivity contribution is 6.07. The van der Waals surface area contributed by atoms with Crippen molar-refractivity contribution in [2.75, 3.05) is 30.0 Å². The predicted molar refractivity (Wildman–Crippen MR) is 166 cm³/mol. The molecule has 7 rings (SSSR count). The summed E-state index contributed by atoms with van der Waals surface area (Å²) >= 11 is 0. The van der Waals surface area contributed by atoms with E-state index in [4.69, 9.17) is 9.84 Å². The van der Waals surface area contributed by atoms with Gasteiger partial charge in [0.15, 0.2) is 5.82 Å². The summed E-state index contributed by atoms with van der Waals surface area (Å²) in [6.45, 7) is 1.26. The fourth-order valence-electron chi connectivity index (χ4n) is 5.94. The van der Waals surface area contributed by atoms with Gasteiger partial charge in [0.25, 0.3) is 5.91 Å². The topological polar surface area (TPSA) is 118 Å². The van der Waals surface area contributed by atoms with E-state index in [0.717, 1.165) is 35.3 Å². The SMILES string of the molecule is COc1ccc(-n2nc(Cn3nc(-c4ccccc4)[nH]c3=O)c3c2C(=O)N(c2ccc(N4CCCCC4=O)cc2)CC3)cc1. The van der Waals surface area contributed by atoms with Crippen molar-refractivity contribution in [1.82, 2.24) is 24.5 Å². The predicted octanol–water partition coefficient (Wildman–Crippen LogP) is 4.20. The highest BCUT2D eigenvalue weighted by Crippen LogP contribution is 2.31. The van der Waals surface area contributed by atoms with Gasteiger partial charge >= 0.3 is 5.69 Å². The summed E-state index contributed by atoms with van der Waals surface area (Å²) < 4.78 is 8.33. The zero-order valence-corrected chi connectivity index (χ0v) is 24.3. The number of aromatic nitrogens is 5. The van der Waals surface area contributed by atoms with E-state index in [2.05, 4.69) is 10.1 Å². The van der Waals surface area contributed by atoms with E-state index in [1.54, 1.807) is 16.7 Å². The zero-order valence-electron chi connectivity index (χ0n) is 24.3. The number of ether oxygens (including phenoxy) is 1. The summed E-state index contributed by atoms with van der Waals surface area (Å²) in [6, 6.07) is 24.4. The molecule has 222 valence electrons. The second-order valence-electron chi connectivity index (χ2n) is 10.9. The van der Waals surface area contributed by atoms with Gasteiger partial charge in [0, 0.05) is 42.0 Å². The first-order valence-electron chi connectivity index (χ1n) is 14.7. The molecule has 1 fully saturated rings. The molecule has 44 heavy (non-hydrogen) atoms. The Morgan fingerprint density at radius 1 is 0.773 bits per heavy atom. The number of benzene rings is 3. The molecule has 11 heteroatoms. The number of aromatic amines is 1. The van der Waals surface area contributed by atoms with Gasteiger partial charge in [-0.25, -0.2) is 14.2 Å². The summed E-state index contributed by atoms with van der Waals surface area (Å²) in [4.78, 5) is 45.9. The molecule has 0 aliphatic carbocycles. The Bertz CT molecular complexity index is 1890. The van der Waals surface area contributed by atoms with Crippen LogP contribution in [0.2, 0.25) is 0 Å². The summed E-state index contributed by atoms with van der Waals surface area (Å²) in [5, 5.41) is 9.39. The van der Waals surface area contributed by atoms with E-state index in [1.165, 1.54) is 4.68 Å². The number of rotatable bonds is 7. The maximum atomic E-state index is 14.2. The number of carbonyl (C=O) groups excluding carboxylic acids is 2. The lowest BCUT2D eigenvalue weighted by Crippen LogP contribution is -2.39. The van der Waals surface area contributed by atoms with Gasteiger partial charge < -0.3 is 14.5 Å². The Hall–Kier alpha value is -5.45. The Kier molecular flexibility index (Phi) is 7.05. The molecule has 0 saturated carbocycles. The van der Waals surface area contributed by atoms with Gasteiger partial charge in [-0.2, -0.15) is 5.10 Å². The van der Waals surface area contributed by atoms with Gasteiger partial charge in [-0.3, -0.25) is 14.6 Å². The van der Waals surface area contributed by atoms with Crippen molar-refractivity contribution in [1.29, 1.82) is 0 Å². The lowest BCUT2D eigenvalue weighted by molar-refractivity contribution is -0.119. The quantitative estimate of drug-likeness (QED) is 0.304. The van der Waals surface area contributed by atoms with E-state index in [-0.39, 0.29) is 24.0 Å². The largest absolute Gasteiger partial charge is 0.497 e. The highest BCUT2D eigenvalue weighted by Gasteiger charge is 2.34. The van der Waals surface area contributed by atoms with Gasteiger partial charge in [-0.15, -0.1) is 5.10 Å². The number of amides is 2. The lowest BCUT2D eigenvalue weighted by atomic mass is 10.0. The van der Waals surface area contributed by atoms with Crippen LogP contribution in [0.5, 0.6) is 5.75 Å². The number of anilines is 2. The van der Waals surface area contributed by atoms with Crippen LogP contribution in [0, 0.1) is 0 Å². The van der Waals surface area contributed by atoms with Crippen molar-refractivity contribution in [3.05, 3.63) is 106 Å². The molecule has 4 heterocycles. The van der Waals surface area contributed by atoms with Crippen molar-refractivity contribution in [2.45, 2.75) is 32.2 Å². The third kappa shape index (κ3) is 4.96. The second-order valence-corrected chi connectivity index (χ2v) is 10.9. The third-order valence-corrected chi connectivity index (χ3v) is 8.24. The third-order valence-electron chi connectivity index (χ3n) is 8.24. The van der Waals surface area contributed by atoms with Gasteiger partial charge in [0.2, 0.25) is 5.91 Å². The molecule has 11 nitrogen and oxygen atoms in total. The number of piperidine rings is 1. The molecule has 2 aromatic heterocycles. The Morgan fingerprint density at radius 2 is 1.48 bits per heavy atom. The molecule has 0 radical (unpaired) electrons. The summed E-state index contributed by atoms with van der Waals surface area (Å²) in [5.41, 5.74) is 4.57. The van der Waals surface area contributed by atoms with Crippen molar-refractivity contribution in [3.8, 4) is 22.8 Å². The van der Waals surface area contributed by atoms with Gasteiger partial charge in [0.1, 0.15) is 11.4 Å². The number of hydrogen-bond donors (Lipinski definition) is 1. The molecule has 0 unspecified atom stereocenters. The molecule has 2 aliphatic rings. The average Bonchev–Trinajstić information content (AvgIpc) is 3.62. The van der Waals surface area contributed by atoms with Crippen LogP contribution in [0.3, 0.4) is 0 Å². The number of fused-ring (bicyclic) bond motifs is 1. The average molecular weight is 590 g/mol. The van der Waals surface area contributed by atoms with Crippen LogP contribution in [-0.4, -0.2) is 56.6 Å². The van der Waals surface area contributed by atoms with Crippen molar-refractivity contribution in [3.63, 3.8) is 0 Å². The normalized spacial score (nSPS) is 15.0. The first-order chi connectivity index (χ1) is 21.5. The molecule has 1 saturated heterocycles. The van der Waals surface area contributed by atoms with Gasteiger partial charge in [-0.05, 0) is 67.8 Å². The number of H-pyrrole nitrogens is 1. The minimum Gasteiger partial charge on any atom is -0.497 e. The van der Waals surface area contributed by atoms with E-state index in [1.807, 2.05) is 83.8 Å². The van der Waals surface area contributed by atoms with Crippen LogP contribution in [0.1, 0.15) is 41.0 Å². The lowest BCUT2D eigenvalue weighted by Gasteiger charge is -2.30. The van der Waals surface area contributed by atoms with E-state index in [9.17, 15) is 14.4 Å². The molecule has 0 spiro atoms. The number of carbonyl (C=O) groups is 2. The molecule has 5 aromatic rings. The Labute approximate surface area is 253 Å². The van der Waals surface area contributed by atoms with Crippen molar-refractivity contribution in [2.24, 2.45) is 0 Å². The summed E-state index contributed by atoms with van der Waals surface area (Å²) in [7, 11) is 1.60. The van der Waals surface area contributed by atoms with E-state index in [0.29, 0.717) is 54.6 Å². The van der Waals surface area contributed by atoms with Crippen molar-refractivity contribution >= 4 is 23.2 Å². The molecule has 2 amide bonds. The molecule has 2 aliphatic heterocycles. The minimum absolute atomic E-state index is 0.111. The maximum Gasteiger partial charge on any atom is 0.343 e. The Balaban J connectivity index is 1.24. The number of nitrogens with one attached hydrogen (secondary N) is 1. The standard InChI is InChI=1S/C33H31N7O4/c1-44-26-16-14-25(15-17-26)40-30-27(28(35-40)21-39-33(43)34-31(36-39)22-7-3-2-4-8-22)18-20-38(32(30)42)24-12-10-23(11-13-24)37-19-6-5-9-29(37)41/h2-4,7-8,10-17H,5-6,9,18-21H2,1H3,(H,34,36,43). The molecule has 0 bridgehead atoms. The molecule has 1 N–H and O–H groups in total. The molecule has 3 aromatic carbocycles. The number of hydrogen-bond acceptors (Lipinski definition) is 6. The minimum atomic E-state index is -0.354. The van der Waals surface area contributed by atoms with Crippen LogP contribution in [0.25, 0.3) is 17.1 Å². The fraction of sp³-hybridized carbons (Fsp3) is 0.242. The number of nitrogens with zero attached hydrogens (tertiary/aromatic N) is 6. The van der Waals surface area contributed by atoms with Crippen molar-refractivity contribution < 1.29 is 14.3 Å². The first-order valence-corrected chi connectivity index (χ1v) is 14.7. The van der Waals surface area contributed by atoms with E-state index >= 15 is 0 Å². The second kappa shape index (κ2) is 11.3. The zero-order chi connectivity index (χ0) is 30.2. The van der Waals surface area contributed by atoms with E-state index < -0.39 is 0 Å². The molecular formula is C33H31N7O4. The monoisotopic (exact) mass is 589 g/mol. The maximum absolute atomic E-state index is 14.2. The summed E-state index contributed by atoms with van der Waals surface area (Å²) in [5.74, 6) is 1.09. The van der Waals surface area contributed by atoms with Crippen LogP contribution in [-0.2, 0) is 17.8 Å². The molecule has 0 atom stereocenters. The number of methoxy groups -OCH3 is 1. The van der Waals surface area contributed by atoms with Crippen LogP contribution >= 0.6 is 0 Å². The molecular weight excluding hydrogens is 558 g/mol. The van der Waals surface area contributed by atoms with Gasteiger partial charge in [0.05, 0.1) is 25.0 Å².